The highest BCUT2D eigenvalue weighted by atomic mass is 15.0. The van der Waals surface area contributed by atoms with Gasteiger partial charge in [-0.3, -0.25) is 17.2 Å². The lowest BCUT2D eigenvalue weighted by Gasteiger charge is -2.25. The van der Waals surface area contributed by atoms with Crippen LogP contribution >= 0.6 is 0 Å². The molecule has 0 saturated carbocycles. The van der Waals surface area contributed by atoms with E-state index in [1.807, 2.05) is 54.6 Å². The van der Waals surface area contributed by atoms with Crippen LogP contribution in [0.4, 0.5) is 17.5 Å². The second kappa shape index (κ2) is 11.2. The Morgan fingerprint density at radius 2 is 0.722 bits per heavy atom. The summed E-state index contributed by atoms with van der Waals surface area (Å²) in [6, 6.07) is 17.9. The molecule has 6 nitrogen and oxygen atoms in total. The Labute approximate surface area is 214 Å². The third-order valence-electron chi connectivity index (χ3n) is 7.16. The Morgan fingerprint density at radius 3 is 0.944 bits per heavy atom. The Bertz CT molecular complexity index is 1180. The minimum atomic E-state index is 0.729. The lowest BCUT2D eigenvalue weighted by Crippen LogP contribution is -2.42. The molecule has 0 aliphatic heterocycles. The van der Waals surface area contributed by atoms with Crippen molar-refractivity contribution in [3.63, 3.8) is 0 Å². The minimum Gasteiger partial charge on any atom is -0.287 e. The third kappa shape index (κ3) is 5.03. The van der Waals surface area contributed by atoms with Crippen molar-refractivity contribution >= 4 is 17.5 Å². The Kier molecular flexibility index (Phi) is 7.84. The van der Waals surface area contributed by atoms with E-state index in [-0.39, 0.29) is 0 Å². The van der Waals surface area contributed by atoms with Crippen LogP contribution in [0.3, 0.4) is 0 Å². The summed E-state index contributed by atoms with van der Waals surface area (Å²) in [7, 11) is 0. The van der Waals surface area contributed by atoms with E-state index < -0.39 is 0 Å². The standard InChI is InChI=1S/C30H36N6/c1-4-22-25(19-34-16-10-7-13-28(34)31)23(5-2)27(21-36-18-12-9-15-30(36)33)24(6-3)26(22)20-35-17-11-8-14-29(35)32/h7-18,31-33H,4-6,19-21H2,1-3H3/p+3. The second-order valence-electron chi connectivity index (χ2n) is 9.19. The van der Waals surface area contributed by atoms with Gasteiger partial charge in [-0.1, -0.05) is 39.0 Å². The first kappa shape index (κ1) is 25.2. The number of aromatic nitrogens is 3. The molecule has 0 aliphatic rings. The molecule has 0 fully saturated rings. The number of hydrogen-bond acceptors (Lipinski definition) is 3. The molecule has 0 atom stereocenters. The zero-order valence-corrected chi connectivity index (χ0v) is 21.7. The first-order valence-corrected chi connectivity index (χ1v) is 12.9. The van der Waals surface area contributed by atoms with Gasteiger partial charge in [0.25, 0.3) is 17.5 Å². The molecule has 0 aliphatic carbocycles. The van der Waals surface area contributed by atoms with Crippen LogP contribution in [0.2, 0.25) is 0 Å². The summed E-state index contributed by atoms with van der Waals surface area (Å²) in [5, 5.41) is 0. The zero-order chi connectivity index (χ0) is 25.7. The quantitative estimate of drug-likeness (QED) is 0.320. The highest BCUT2D eigenvalue weighted by Gasteiger charge is 2.26. The number of nitrogens with zero attached hydrogens (tertiary/aromatic N) is 3. The van der Waals surface area contributed by atoms with Crippen molar-refractivity contribution in [2.24, 2.45) is 0 Å². The maximum absolute atomic E-state index is 6.39. The Balaban J connectivity index is 2.00. The van der Waals surface area contributed by atoms with Crippen molar-refractivity contribution in [3.05, 3.63) is 107 Å². The van der Waals surface area contributed by atoms with Gasteiger partial charge >= 0.3 is 0 Å². The summed E-state index contributed by atoms with van der Waals surface area (Å²) in [5.74, 6) is 2.27. The van der Waals surface area contributed by atoms with Gasteiger partial charge in [0.15, 0.2) is 0 Å². The van der Waals surface area contributed by atoms with E-state index in [0.717, 1.165) is 56.4 Å². The maximum Gasteiger partial charge on any atom is 0.272 e. The smallest absolute Gasteiger partial charge is 0.272 e. The molecule has 6 N–H and O–H groups in total. The molecule has 1 aromatic carbocycles. The highest BCUT2D eigenvalue weighted by molar-refractivity contribution is 5.52. The molecule has 3 aromatic heterocycles. The molecule has 6 heteroatoms. The van der Waals surface area contributed by atoms with Crippen LogP contribution in [0.5, 0.6) is 0 Å². The van der Waals surface area contributed by atoms with Crippen molar-refractivity contribution in [1.82, 2.24) is 0 Å². The van der Waals surface area contributed by atoms with Crippen molar-refractivity contribution < 1.29 is 13.7 Å². The van der Waals surface area contributed by atoms with E-state index in [1.54, 1.807) is 0 Å². The van der Waals surface area contributed by atoms with Gasteiger partial charge in [0, 0.05) is 34.9 Å². The molecular formula is C30H39N6+3. The van der Waals surface area contributed by atoms with Gasteiger partial charge in [-0.05, 0) is 54.2 Å². The summed E-state index contributed by atoms with van der Waals surface area (Å²) in [6.07, 6.45) is 9.00. The fourth-order valence-corrected chi connectivity index (χ4v) is 5.36. The molecule has 0 saturated heterocycles. The summed E-state index contributed by atoms with van der Waals surface area (Å²) < 4.78 is 6.42. The minimum absolute atomic E-state index is 0.729. The third-order valence-corrected chi connectivity index (χ3v) is 7.16. The highest BCUT2D eigenvalue weighted by Crippen LogP contribution is 2.31. The van der Waals surface area contributed by atoms with E-state index in [4.69, 9.17) is 17.2 Å². The summed E-state index contributed by atoms with van der Waals surface area (Å²) in [4.78, 5) is 0. The molecule has 3 heterocycles. The van der Waals surface area contributed by atoms with Gasteiger partial charge in [0.2, 0.25) is 0 Å². The van der Waals surface area contributed by atoms with Crippen molar-refractivity contribution in [2.75, 3.05) is 17.2 Å². The number of nitrogens with two attached hydrogens (primary N) is 3. The zero-order valence-electron chi connectivity index (χ0n) is 21.7. The van der Waals surface area contributed by atoms with E-state index in [0.29, 0.717) is 0 Å². The average molecular weight is 484 g/mol. The maximum atomic E-state index is 6.39. The average Bonchev–Trinajstić information content (AvgIpc) is 2.88. The number of rotatable bonds is 9. The first-order valence-electron chi connectivity index (χ1n) is 12.9. The summed E-state index contributed by atoms with van der Waals surface area (Å²) >= 11 is 0. The molecule has 4 rings (SSSR count). The molecule has 4 aromatic rings. The number of hydrogen-bond donors (Lipinski definition) is 3. The first-order chi connectivity index (χ1) is 17.5. The van der Waals surface area contributed by atoms with E-state index >= 15 is 0 Å². The predicted molar refractivity (Wildman–Crippen MR) is 145 cm³/mol. The largest absolute Gasteiger partial charge is 0.287 e. The second-order valence-corrected chi connectivity index (χ2v) is 9.19. The molecule has 0 unspecified atom stereocenters. The lowest BCUT2D eigenvalue weighted by atomic mass is 9.83. The molecule has 0 spiro atoms. The van der Waals surface area contributed by atoms with E-state index in [1.165, 1.54) is 33.4 Å². The molecule has 0 radical (unpaired) electrons. The van der Waals surface area contributed by atoms with Gasteiger partial charge in [-0.2, -0.15) is 0 Å². The fraction of sp³-hybridized carbons (Fsp3) is 0.300. The van der Waals surface area contributed by atoms with Gasteiger partial charge in [-0.25, -0.2) is 13.7 Å². The van der Waals surface area contributed by atoms with Crippen LogP contribution < -0.4 is 30.9 Å². The number of nitrogen functional groups attached to an aromatic ring is 3. The topological polar surface area (TPSA) is 89.7 Å². The van der Waals surface area contributed by atoms with Crippen molar-refractivity contribution in [2.45, 2.75) is 59.7 Å². The molecule has 186 valence electrons. The van der Waals surface area contributed by atoms with Gasteiger partial charge < -0.3 is 0 Å². The monoisotopic (exact) mass is 483 g/mol. The number of benzene rings is 1. The SMILES string of the molecule is CCc1c(C[n+]2ccccc2N)c(CC)c(C[n+]2ccccc2N)c(CC)c1C[n+]1ccccc1N. The van der Waals surface area contributed by atoms with Crippen LogP contribution in [0.1, 0.15) is 54.2 Å². The van der Waals surface area contributed by atoms with Crippen LogP contribution in [-0.4, -0.2) is 0 Å². The summed E-state index contributed by atoms with van der Waals surface area (Å²) in [6.45, 7) is 8.95. The predicted octanol–water partition coefficient (Wildman–Crippen LogP) is 3.13. The van der Waals surface area contributed by atoms with Crippen molar-refractivity contribution in [1.29, 1.82) is 0 Å². The van der Waals surface area contributed by atoms with Gasteiger partial charge in [-0.15, -0.1) is 0 Å². The van der Waals surface area contributed by atoms with Crippen molar-refractivity contribution in [3.8, 4) is 0 Å². The Morgan fingerprint density at radius 1 is 0.444 bits per heavy atom. The van der Waals surface area contributed by atoms with Crippen LogP contribution in [-0.2, 0) is 38.9 Å². The van der Waals surface area contributed by atoms with Crippen LogP contribution in [0.15, 0.2) is 73.2 Å². The number of anilines is 3. The molecule has 0 amide bonds. The van der Waals surface area contributed by atoms with Gasteiger partial charge in [0.05, 0.1) is 18.6 Å². The fourth-order valence-electron chi connectivity index (χ4n) is 5.36. The molecule has 36 heavy (non-hydrogen) atoms. The molecule has 0 bridgehead atoms. The van der Waals surface area contributed by atoms with E-state index in [2.05, 4.69) is 53.1 Å². The van der Waals surface area contributed by atoms with Crippen LogP contribution in [0, 0.1) is 0 Å². The van der Waals surface area contributed by atoms with Crippen LogP contribution in [0.25, 0.3) is 0 Å². The Hall–Kier alpha value is -3.93. The molecular weight excluding hydrogens is 444 g/mol. The summed E-state index contributed by atoms with van der Waals surface area (Å²) in [5.41, 5.74) is 27.4. The van der Waals surface area contributed by atoms with Gasteiger partial charge in [0.1, 0.15) is 19.6 Å². The normalized spacial score (nSPS) is 11.1. The van der Waals surface area contributed by atoms with E-state index in [9.17, 15) is 0 Å². The number of pyridine rings is 3. The lowest BCUT2D eigenvalue weighted by molar-refractivity contribution is -0.676.